The van der Waals surface area contributed by atoms with Gasteiger partial charge in [0.15, 0.2) is 0 Å². The molecule has 13 heteroatoms. The van der Waals surface area contributed by atoms with Gasteiger partial charge in [-0.2, -0.15) is 0 Å². The van der Waals surface area contributed by atoms with Gasteiger partial charge >= 0.3 is 0 Å². The van der Waals surface area contributed by atoms with E-state index in [0.717, 1.165) is 0 Å². The van der Waals surface area contributed by atoms with E-state index in [4.69, 9.17) is 5.73 Å². The fraction of sp³-hybridized carbons (Fsp3) is 0.647. The van der Waals surface area contributed by atoms with Crippen LogP contribution in [-0.2, 0) is 28.8 Å². The van der Waals surface area contributed by atoms with Crippen LogP contribution in [0.5, 0.6) is 0 Å². The fourth-order valence-electron chi connectivity index (χ4n) is 2.32. The first-order valence-electron chi connectivity index (χ1n) is 9.34. The minimum absolute atomic E-state index is 0.248. The van der Waals surface area contributed by atoms with E-state index in [1.807, 2.05) is 0 Å². The Balaban J connectivity index is 4.80. The summed E-state index contributed by atoms with van der Waals surface area (Å²) in [7, 11) is 0. The molecule has 0 spiro atoms. The highest BCUT2D eigenvalue weighted by Gasteiger charge is 2.27. The van der Waals surface area contributed by atoms with E-state index in [1.165, 1.54) is 13.8 Å². The second-order valence-electron chi connectivity index (χ2n) is 6.48. The maximum atomic E-state index is 12.5. The largest absolute Gasteiger partial charge is 0.394 e. The van der Waals surface area contributed by atoms with Crippen LogP contribution in [0, 0.1) is 0 Å². The predicted molar refractivity (Wildman–Crippen MR) is 104 cm³/mol. The Morgan fingerprint density at radius 1 is 0.967 bits per heavy atom. The predicted octanol–water partition coefficient (Wildman–Crippen LogP) is -4.01. The van der Waals surface area contributed by atoms with Gasteiger partial charge in [0.25, 0.3) is 0 Å². The number of amides is 6. The summed E-state index contributed by atoms with van der Waals surface area (Å²) in [5, 5.41) is 21.2. The molecule has 8 N–H and O–H groups in total. The van der Waals surface area contributed by atoms with Gasteiger partial charge in [-0.25, -0.2) is 0 Å². The van der Waals surface area contributed by atoms with Gasteiger partial charge in [0.2, 0.25) is 35.9 Å². The van der Waals surface area contributed by atoms with E-state index in [-0.39, 0.29) is 6.42 Å². The Labute approximate surface area is 173 Å². The number of rotatable bonds is 15. The molecule has 170 valence electrons. The first-order chi connectivity index (χ1) is 14.1. The summed E-state index contributed by atoms with van der Waals surface area (Å²) in [5.74, 6) is -3.40. The third kappa shape index (κ3) is 11.6. The second kappa shape index (κ2) is 14.7. The number of hydrogen-bond donors (Lipinski definition) is 7. The summed E-state index contributed by atoms with van der Waals surface area (Å²) in [6.07, 6.45) is 1.88. The zero-order valence-corrected chi connectivity index (χ0v) is 17.0. The van der Waals surface area contributed by atoms with Crippen LogP contribution in [0.3, 0.4) is 0 Å². The summed E-state index contributed by atoms with van der Waals surface area (Å²) in [4.78, 5) is 68.7. The minimum atomic E-state index is -1.36. The number of nitrogens with two attached hydrogens (primary N) is 1. The molecule has 0 heterocycles. The first-order valence-corrected chi connectivity index (χ1v) is 9.34. The lowest BCUT2D eigenvalue weighted by atomic mass is 10.1. The van der Waals surface area contributed by atoms with Crippen LogP contribution in [-0.4, -0.2) is 78.9 Å². The van der Waals surface area contributed by atoms with Crippen molar-refractivity contribution >= 4 is 35.9 Å². The second-order valence-corrected chi connectivity index (χ2v) is 6.48. The number of hydrogen-bond acceptors (Lipinski definition) is 7. The molecule has 0 aromatic heterocycles. The molecule has 0 aliphatic heterocycles. The normalized spacial score (nSPS) is 13.2. The quantitative estimate of drug-likeness (QED) is 0.101. The van der Waals surface area contributed by atoms with Crippen molar-refractivity contribution in [3.63, 3.8) is 0 Å². The summed E-state index contributed by atoms with van der Waals surface area (Å²) in [6.45, 7) is 1.84. The van der Waals surface area contributed by atoms with Gasteiger partial charge in [-0.05, 0) is 26.2 Å². The Morgan fingerprint density at radius 3 is 2.13 bits per heavy atom. The lowest BCUT2D eigenvalue weighted by molar-refractivity contribution is -0.134. The number of aliphatic hydroxyl groups excluding tert-OH is 1. The maximum Gasteiger partial charge on any atom is 0.245 e. The van der Waals surface area contributed by atoms with Crippen LogP contribution in [0.25, 0.3) is 0 Å². The molecule has 0 saturated carbocycles. The van der Waals surface area contributed by atoms with Crippen LogP contribution >= 0.6 is 0 Å². The summed E-state index contributed by atoms with van der Waals surface area (Å²) < 4.78 is 0. The van der Waals surface area contributed by atoms with Crippen molar-refractivity contribution in [2.24, 2.45) is 5.73 Å². The van der Waals surface area contributed by atoms with Gasteiger partial charge in [-0.1, -0.05) is 0 Å². The van der Waals surface area contributed by atoms with Crippen molar-refractivity contribution in [2.45, 2.75) is 51.2 Å². The molecule has 0 bridgehead atoms. The van der Waals surface area contributed by atoms with E-state index in [1.54, 1.807) is 0 Å². The van der Waals surface area contributed by atoms with Gasteiger partial charge in [0, 0.05) is 13.5 Å². The van der Waals surface area contributed by atoms with E-state index in [0.29, 0.717) is 25.8 Å². The lowest BCUT2D eigenvalue weighted by Crippen LogP contribution is -2.57. The zero-order chi connectivity index (χ0) is 23.1. The van der Waals surface area contributed by atoms with Crippen molar-refractivity contribution in [1.29, 1.82) is 0 Å². The molecular weight excluding hydrogens is 400 g/mol. The van der Waals surface area contributed by atoms with Crippen molar-refractivity contribution in [2.75, 3.05) is 19.7 Å². The van der Waals surface area contributed by atoms with Gasteiger partial charge in [-0.3, -0.25) is 28.8 Å². The molecule has 13 nitrogen and oxygen atoms in total. The molecule has 0 radical (unpaired) electrons. The SMILES string of the molecule is CC(=O)N[C@@H](CCCCNC=O)C(=O)N[C@@H](CO)C(=O)N[C@@H](C)C(=O)NCC(N)=O. The Kier molecular flexibility index (Phi) is 13.2. The topological polar surface area (TPSA) is 209 Å². The van der Waals surface area contributed by atoms with E-state index in [2.05, 4.69) is 26.6 Å². The third-order valence-electron chi connectivity index (χ3n) is 3.85. The molecule has 3 atom stereocenters. The molecule has 0 unspecified atom stereocenters. The highest BCUT2D eigenvalue weighted by Crippen LogP contribution is 2.02. The molecule has 6 amide bonds. The van der Waals surface area contributed by atoms with Crippen molar-refractivity contribution in [3.8, 4) is 0 Å². The zero-order valence-electron chi connectivity index (χ0n) is 17.0. The number of carbonyl (C=O) groups is 6. The first kappa shape index (κ1) is 26.8. The highest BCUT2D eigenvalue weighted by molar-refractivity contribution is 5.94. The van der Waals surface area contributed by atoms with E-state index < -0.39 is 60.8 Å². The van der Waals surface area contributed by atoms with Crippen LogP contribution in [0.1, 0.15) is 33.1 Å². The molecule has 0 aromatic rings. The summed E-state index contributed by atoms with van der Waals surface area (Å²) in [6, 6.07) is -3.37. The van der Waals surface area contributed by atoms with E-state index >= 15 is 0 Å². The minimum Gasteiger partial charge on any atom is -0.394 e. The van der Waals surface area contributed by atoms with Crippen LogP contribution < -0.4 is 32.3 Å². The monoisotopic (exact) mass is 430 g/mol. The van der Waals surface area contributed by atoms with Crippen LogP contribution in [0.2, 0.25) is 0 Å². The number of nitrogens with one attached hydrogen (secondary N) is 5. The smallest absolute Gasteiger partial charge is 0.245 e. The molecular formula is C17H30N6O7. The molecule has 0 rings (SSSR count). The fourth-order valence-corrected chi connectivity index (χ4v) is 2.32. The average molecular weight is 430 g/mol. The van der Waals surface area contributed by atoms with Gasteiger partial charge < -0.3 is 37.4 Å². The number of primary amides is 1. The molecule has 0 fully saturated rings. The maximum absolute atomic E-state index is 12.5. The van der Waals surface area contributed by atoms with Crippen molar-refractivity contribution in [3.05, 3.63) is 0 Å². The summed E-state index contributed by atoms with van der Waals surface area (Å²) >= 11 is 0. The van der Waals surface area contributed by atoms with Crippen LogP contribution in [0.4, 0.5) is 0 Å². The Bertz CT molecular complexity index is 628. The number of aliphatic hydroxyl groups is 1. The highest BCUT2D eigenvalue weighted by atomic mass is 16.3. The molecule has 0 aromatic carbocycles. The number of carbonyl (C=O) groups excluding carboxylic acids is 6. The van der Waals surface area contributed by atoms with E-state index in [9.17, 15) is 33.9 Å². The van der Waals surface area contributed by atoms with Crippen molar-refractivity contribution < 1.29 is 33.9 Å². The van der Waals surface area contributed by atoms with Gasteiger partial charge in [-0.15, -0.1) is 0 Å². The Hall–Kier alpha value is -3.22. The average Bonchev–Trinajstić information content (AvgIpc) is 2.68. The Morgan fingerprint density at radius 2 is 1.60 bits per heavy atom. The standard InChI is InChI=1S/C17H30N6O7/c1-10(15(28)20-7-14(18)27)21-17(30)13(8-24)23-16(29)12(22-11(2)26)5-3-4-6-19-9-25/h9-10,12-13,24H,3-8H2,1-2H3,(H2,18,27)(H,19,25)(H,20,28)(H,21,30)(H,22,26)(H,23,29)/t10-,12-,13-/m0/s1. The molecule has 0 aliphatic carbocycles. The lowest BCUT2D eigenvalue weighted by Gasteiger charge is -2.23. The molecule has 30 heavy (non-hydrogen) atoms. The summed E-state index contributed by atoms with van der Waals surface area (Å²) in [5.41, 5.74) is 4.92. The third-order valence-corrected chi connectivity index (χ3v) is 3.85. The molecule has 0 aliphatic rings. The number of unbranched alkanes of at least 4 members (excludes halogenated alkanes) is 1. The van der Waals surface area contributed by atoms with Gasteiger partial charge in [0.1, 0.15) is 18.1 Å². The van der Waals surface area contributed by atoms with Gasteiger partial charge in [0.05, 0.1) is 13.2 Å². The van der Waals surface area contributed by atoms with Crippen molar-refractivity contribution in [1.82, 2.24) is 26.6 Å². The van der Waals surface area contributed by atoms with Crippen LogP contribution in [0.15, 0.2) is 0 Å². The molecule has 0 saturated heterocycles.